The van der Waals surface area contributed by atoms with Crippen LogP contribution in [-0.2, 0) is 6.42 Å². The third kappa shape index (κ3) is 4.62. The number of anilines is 1. The highest BCUT2D eigenvalue weighted by Crippen LogP contribution is 2.27. The second-order valence-electron chi connectivity index (χ2n) is 7.18. The predicted octanol–water partition coefficient (Wildman–Crippen LogP) is 2.63. The maximum absolute atomic E-state index is 12.6. The number of methoxy groups -OCH3 is 1. The number of nitrogens with one attached hydrogen (secondary N) is 3. The van der Waals surface area contributed by atoms with Crippen LogP contribution in [0.4, 0.5) is 10.5 Å². The van der Waals surface area contributed by atoms with Crippen molar-refractivity contribution in [3.05, 3.63) is 40.7 Å². The molecule has 3 rings (SSSR count). The predicted molar refractivity (Wildman–Crippen MR) is 107 cm³/mol. The minimum Gasteiger partial charge on any atom is -0.495 e. The third-order valence-corrected chi connectivity index (χ3v) is 4.94. The van der Waals surface area contributed by atoms with Crippen molar-refractivity contribution in [2.45, 2.75) is 39.2 Å². The maximum Gasteiger partial charge on any atom is 0.321 e. The second-order valence-corrected chi connectivity index (χ2v) is 7.18. The molecule has 28 heavy (non-hydrogen) atoms. The van der Waals surface area contributed by atoms with Gasteiger partial charge in [-0.25, -0.2) is 4.79 Å². The van der Waals surface area contributed by atoms with Crippen molar-refractivity contribution in [1.82, 2.24) is 20.4 Å². The lowest BCUT2D eigenvalue weighted by Gasteiger charge is -2.19. The monoisotopic (exact) mass is 385 g/mol. The van der Waals surface area contributed by atoms with Crippen LogP contribution in [0.25, 0.3) is 0 Å². The van der Waals surface area contributed by atoms with E-state index < -0.39 is 0 Å². The van der Waals surface area contributed by atoms with Crippen molar-refractivity contribution in [2.24, 2.45) is 0 Å². The number of benzene rings is 1. The first kappa shape index (κ1) is 19.7. The van der Waals surface area contributed by atoms with Crippen molar-refractivity contribution in [3.63, 3.8) is 0 Å². The van der Waals surface area contributed by atoms with Crippen LogP contribution in [0.2, 0.25) is 0 Å². The van der Waals surface area contributed by atoms with Crippen LogP contribution in [0.1, 0.15) is 40.2 Å². The van der Waals surface area contributed by atoms with E-state index in [1.165, 1.54) is 7.11 Å². The molecule has 0 atom stereocenters. The summed E-state index contributed by atoms with van der Waals surface area (Å²) in [5.41, 5.74) is 4.05. The van der Waals surface area contributed by atoms with E-state index in [0.29, 0.717) is 30.0 Å². The molecule has 2 aromatic rings. The molecule has 1 aliphatic rings. The lowest BCUT2D eigenvalue weighted by molar-refractivity contribution is 0.0951. The number of hydrogen-bond acceptors (Lipinski definition) is 4. The molecule has 3 N–H and O–H groups in total. The van der Waals surface area contributed by atoms with Crippen LogP contribution >= 0.6 is 0 Å². The Morgan fingerprint density at radius 2 is 2.07 bits per heavy atom. The summed E-state index contributed by atoms with van der Waals surface area (Å²) in [5, 5.41) is 12.9. The van der Waals surface area contributed by atoms with Gasteiger partial charge < -0.3 is 20.3 Å². The standard InChI is InChI=1S/C20H27N5O3/c1-12-16(13(2)24-23-12)9-10-25(3)20(27)22-17-11-14(5-8-18(17)28-4)19(26)21-15-6-7-15/h5,8,11,15H,6-7,9-10H2,1-4H3,(H,21,26)(H,22,27)(H,23,24). The topological polar surface area (TPSA) is 99.3 Å². The molecule has 3 amide bonds. The number of aryl methyl sites for hydroxylation is 2. The van der Waals surface area contributed by atoms with Gasteiger partial charge in [-0.3, -0.25) is 9.89 Å². The highest BCUT2D eigenvalue weighted by molar-refractivity contribution is 5.98. The minimum atomic E-state index is -0.267. The zero-order chi connectivity index (χ0) is 20.3. The summed E-state index contributed by atoms with van der Waals surface area (Å²) in [5.74, 6) is 0.367. The average Bonchev–Trinajstić information content (AvgIpc) is 3.44. The summed E-state index contributed by atoms with van der Waals surface area (Å²) in [6, 6.07) is 5.04. The molecule has 0 unspecified atom stereocenters. The van der Waals surface area contributed by atoms with Gasteiger partial charge in [0, 0.05) is 30.9 Å². The van der Waals surface area contributed by atoms with Crippen molar-refractivity contribution >= 4 is 17.6 Å². The van der Waals surface area contributed by atoms with Gasteiger partial charge in [0.1, 0.15) is 5.75 Å². The van der Waals surface area contributed by atoms with E-state index in [-0.39, 0.29) is 18.0 Å². The van der Waals surface area contributed by atoms with Crippen LogP contribution in [0.3, 0.4) is 0 Å². The van der Waals surface area contributed by atoms with E-state index in [1.54, 1.807) is 30.1 Å². The van der Waals surface area contributed by atoms with Crippen LogP contribution in [0.5, 0.6) is 5.75 Å². The number of aromatic amines is 1. The Morgan fingerprint density at radius 1 is 1.32 bits per heavy atom. The molecule has 8 heteroatoms. The normalized spacial score (nSPS) is 13.1. The molecule has 0 spiro atoms. The number of urea groups is 1. The highest BCUT2D eigenvalue weighted by Gasteiger charge is 2.24. The molecule has 1 saturated carbocycles. The molecule has 1 aromatic carbocycles. The van der Waals surface area contributed by atoms with Gasteiger partial charge in [0.2, 0.25) is 0 Å². The molecule has 0 bridgehead atoms. The second kappa shape index (κ2) is 8.33. The van der Waals surface area contributed by atoms with Crippen molar-refractivity contribution in [1.29, 1.82) is 0 Å². The Kier molecular flexibility index (Phi) is 5.87. The Balaban J connectivity index is 1.65. The number of nitrogens with zero attached hydrogens (tertiary/aromatic N) is 2. The zero-order valence-electron chi connectivity index (χ0n) is 16.8. The first-order valence-electron chi connectivity index (χ1n) is 9.40. The first-order chi connectivity index (χ1) is 13.4. The van der Waals surface area contributed by atoms with Crippen molar-refractivity contribution < 1.29 is 14.3 Å². The molecule has 0 saturated heterocycles. The number of amides is 3. The molecule has 150 valence electrons. The highest BCUT2D eigenvalue weighted by atomic mass is 16.5. The number of hydrogen-bond donors (Lipinski definition) is 3. The van der Waals surface area contributed by atoms with Gasteiger partial charge in [0.25, 0.3) is 5.91 Å². The van der Waals surface area contributed by atoms with Crippen molar-refractivity contribution in [3.8, 4) is 5.75 Å². The van der Waals surface area contributed by atoms with E-state index in [9.17, 15) is 9.59 Å². The van der Waals surface area contributed by atoms with Gasteiger partial charge in [-0.15, -0.1) is 0 Å². The molecule has 1 heterocycles. The van der Waals surface area contributed by atoms with Gasteiger partial charge in [0.15, 0.2) is 0 Å². The Labute approximate surface area is 164 Å². The van der Waals surface area contributed by atoms with Crippen LogP contribution in [-0.4, -0.2) is 53.8 Å². The molecule has 1 aromatic heterocycles. The Bertz CT molecular complexity index is 853. The third-order valence-electron chi connectivity index (χ3n) is 4.94. The van der Waals surface area contributed by atoms with Crippen LogP contribution < -0.4 is 15.4 Å². The fourth-order valence-corrected chi connectivity index (χ4v) is 2.98. The summed E-state index contributed by atoms with van der Waals surface area (Å²) in [6.07, 6.45) is 2.75. The summed E-state index contributed by atoms with van der Waals surface area (Å²) in [6.45, 7) is 4.46. The molecular weight excluding hydrogens is 358 g/mol. The molecule has 0 aliphatic heterocycles. The largest absolute Gasteiger partial charge is 0.495 e. The van der Waals surface area contributed by atoms with Gasteiger partial charge in [-0.1, -0.05) is 0 Å². The summed E-state index contributed by atoms with van der Waals surface area (Å²) >= 11 is 0. The lowest BCUT2D eigenvalue weighted by atomic mass is 10.1. The number of ether oxygens (including phenoxy) is 1. The summed E-state index contributed by atoms with van der Waals surface area (Å²) in [7, 11) is 3.26. The Morgan fingerprint density at radius 3 is 2.68 bits per heavy atom. The fraction of sp³-hybridized carbons (Fsp3) is 0.450. The smallest absolute Gasteiger partial charge is 0.321 e. The van der Waals surface area contributed by atoms with E-state index >= 15 is 0 Å². The first-order valence-corrected chi connectivity index (χ1v) is 9.40. The molecule has 1 aliphatic carbocycles. The molecule has 0 radical (unpaired) electrons. The van der Waals surface area contributed by atoms with Gasteiger partial charge in [0.05, 0.1) is 18.5 Å². The van der Waals surface area contributed by atoms with Gasteiger partial charge in [-0.2, -0.15) is 5.10 Å². The Hall–Kier alpha value is -3.03. The quantitative estimate of drug-likeness (QED) is 0.682. The number of aromatic nitrogens is 2. The average molecular weight is 385 g/mol. The van der Waals surface area contributed by atoms with E-state index in [1.807, 2.05) is 13.8 Å². The van der Waals surface area contributed by atoms with Crippen LogP contribution in [0, 0.1) is 13.8 Å². The zero-order valence-corrected chi connectivity index (χ0v) is 16.8. The number of rotatable bonds is 7. The van der Waals surface area contributed by atoms with Gasteiger partial charge >= 0.3 is 6.03 Å². The number of carbonyl (C=O) groups excluding carboxylic acids is 2. The van der Waals surface area contributed by atoms with Crippen molar-refractivity contribution in [2.75, 3.05) is 26.0 Å². The lowest BCUT2D eigenvalue weighted by Crippen LogP contribution is -2.33. The maximum atomic E-state index is 12.6. The fourth-order valence-electron chi connectivity index (χ4n) is 2.98. The van der Waals surface area contributed by atoms with Crippen LogP contribution in [0.15, 0.2) is 18.2 Å². The molecule has 8 nitrogen and oxygen atoms in total. The SMILES string of the molecule is COc1ccc(C(=O)NC2CC2)cc1NC(=O)N(C)CCc1c(C)n[nH]c1C. The number of H-pyrrole nitrogens is 1. The molecular formula is C20H27N5O3. The van der Waals surface area contributed by atoms with Gasteiger partial charge in [-0.05, 0) is 56.9 Å². The summed E-state index contributed by atoms with van der Waals surface area (Å²) < 4.78 is 5.33. The van der Waals surface area contributed by atoms with E-state index in [0.717, 1.165) is 29.8 Å². The van der Waals surface area contributed by atoms with E-state index in [4.69, 9.17) is 4.74 Å². The number of carbonyl (C=O) groups is 2. The minimum absolute atomic E-state index is 0.139. The van der Waals surface area contributed by atoms with E-state index in [2.05, 4.69) is 20.8 Å². The molecule has 1 fully saturated rings. The number of likely N-dealkylation sites (N-methyl/N-ethyl adjacent to an activating group) is 1. The summed E-state index contributed by atoms with van der Waals surface area (Å²) in [4.78, 5) is 26.5.